The zero-order valence-electron chi connectivity index (χ0n) is 10.4. The summed E-state index contributed by atoms with van der Waals surface area (Å²) in [6.07, 6.45) is 2.01. The molecule has 0 unspecified atom stereocenters. The third-order valence-corrected chi connectivity index (χ3v) is 3.53. The molecule has 0 radical (unpaired) electrons. The molecule has 0 bridgehead atoms. The lowest BCUT2D eigenvalue weighted by Gasteiger charge is -2.10. The van der Waals surface area contributed by atoms with Crippen LogP contribution in [0.5, 0.6) is 17.2 Å². The molecule has 2 aromatic rings. The van der Waals surface area contributed by atoms with Gasteiger partial charge >= 0.3 is 0 Å². The second-order valence-electron chi connectivity index (χ2n) is 4.02. The van der Waals surface area contributed by atoms with Crippen LogP contribution in [0.25, 0.3) is 0 Å². The maximum absolute atomic E-state index is 9.69. The molecule has 0 aliphatic heterocycles. The third-order valence-electron chi connectivity index (χ3n) is 2.79. The Labute approximate surface area is 115 Å². The molecule has 0 aliphatic rings. The summed E-state index contributed by atoms with van der Waals surface area (Å²) >= 11 is 1.67. The van der Waals surface area contributed by atoms with Crippen molar-refractivity contribution in [2.75, 3.05) is 11.6 Å². The summed E-state index contributed by atoms with van der Waals surface area (Å²) < 4.78 is 0. The summed E-state index contributed by atoms with van der Waals surface area (Å²) in [6.45, 7) is 0.359. The van der Waals surface area contributed by atoms with Crippen LogP contribution in [0.2, 0.25) is 0 Å². The average molecular weight is 277 g/mol. The molecule has 4 nitrogen and oxygen atoms in total. The first kappa shape index (κ1) is 13.4. The summed E-state index contributed by atoms with van der Waals surface area (Å²) in [7, 11) is 0. The van der Waals surface area contributed by atoms with Crippen molar-refractivity contribution in [3.05, 3.63) is 42.0 Å². The lowest BCUT2D eigenvalue weighted by atomic mass is 10.1. The number of aromatic hydroxyl groups is 3. The predicted octanol–water partition coefficient (Wildman–Crippen LogP) is 3.14. The van der Waals surface area contributed by atoms with Gasteiger partial charge in [0.05, 0.1) is 0 Å². The zero-order chi connectivity index (χ0) is 13.8. The van der Waals surface area contributed by atoms with Gasteiger partial charge in [-0.2, -0.15) is 0 Å². The molecule has 0 aromatic heterocycles. The molecule has 2 rings (SSSR count). The van der Waals surface area contributed by atoms with Gasteiger partial charge in [0.2, 0.25) is 5.75 Å². The largest absolute Gasteiger partial charge is 0.504 e. The first-order valence-electron chi connectivity index (χ1n) is 5.72. The molecule has 100 valence electrons. The molecule has 5 heteroatoms. The van der Waals surface area contributed by atoms with Gasteiger partial charge in [-0.1, -0.05) is 0 Å². The number of nitrogens with one attached hydrogen (secondary N) is 1. The summed E-state index contributed by atoms with van der Waals surface area (Å²) in [5.41, 5.74) is 1.44. The Morgan fingerprint density at radius 3 is 2.26 bits per heavy atom. The maximum atomic E-state index is 9.69. The standard InChI is InChI=1S/C14H15NO3S/c1-19-11-5-3-10(4-6-11)15-8-9-2-7-12(16)14(18)13(9)17/h2-7,15-18H,8H2,1H3. The van der Waals surface area contributed by atoms with Crippen molar-refractivity contribution in [2.24, 2.45) is 0 Å². The van der Waals surface area contributed by atoms with Gasteiger partial charge in [0.25, 0.3) is 0 Å². The van der Waals surface area contributed by atoms with E-state index in [-0.39, 0.29) is 11.5 Å². The van der Waals surface area contributed by atoms with E-state index < -0.39 is 5.75 Å². The van der Waals surface area contributed by atoms with Crippen LogP contribution in [-0.2, 0) is 6.54 Å². The molecule has 19 heavy (non-hydrogen) atoms. The van der Waals surface area contributed by atoms with E-state index in [0.29, 0.717) is 12.1 Å². The van der Waals surface area contributed by atoms with Crippen molar-refractivity contribution in [1.82, 2.24) is 0 Å². The van der Waals surface area contributed by atoms with Crippen LogP contribution in [0.15, 0.2) is 41.3 Å². The minimum atomic E-state index is -0.489. The predicted molar refractivity (Wildman–Crippen MR) is 77.0 cm³/mol. The lowest BCUT2D eigenvalue weighted by Crippen LogP contribution is -1.99. The Morgan fingerprint density at radius 2 is 1.63 bits per heavy atom. The molecule has 0 saturated heterocycles. The Hall–Kier alpha value is -2.01. The minimum Gasteiger partial charge on any atom is -0.504 e. The van der Waals surface area contributed by atoms with Crippen molar-refractivity contribution in [1.29, 1.82) is 0 Å². The fourth-order valence-corrected chi connectivity index (χ4v) is 2.07. The summed E-state index contributed by atoms with van der Waals surface area (Å²) in [4.78, 5) is 1.18. The highest BCUT2D eigenvalue weighted by molar-refractivity contribution is 7.98. The van der Waals surface area contributed by atoms with Crippen molar-refractivity contribution in [3.63, 3.8) is 0 Å². The van der Waals surface area contributed by atoms with E-state index in [1.165, 1.54) is 11.0 Å². The fraction of sp³-hybridized carbons (Fsp3) is 0.143. The smallest absolute Gasteiger partial charge is 0.200 e. The number of benzene rings is 2. The Kier molecular flexibility index (Phi) is 4.06. The number of anilines is 1. The summed E-state index contributed by atoms with van der Waals surface area (Å²) in [6, 6.07) is 10.8. The van der Waals surface area contributed by atoms with Crippen LogP contribution >= 0.6 is 11.8 Å². The van der Waals surface area contributed by atoms with Gasteiger partial charge < -0.3 is 20.6 Å². The Bertz CT molecular complexity index is 570. The van der Waals surface area contributed by atoms with Crippen LogP contribution in [-0.4, -0.2) is 21.6 Å². The van der Waals surface area contributed by atoms with Crippen molar-refractivity contribution in [3.8, 4) is 17.2 Å². The topological polar surface area (TPSA) is 72.7 Å². The van der Waals surface area contributed by atoms with Crippen molar-refractivity contribution >= 4 is 17.4 Å². The first-order valence-corrected chi connectivity index (χ1v) is 6.95. The molecule has 2 aromatic carbocycles. The van der Waals surface area contributed by atoms with E-state index in [4.69, 9.17) is 0 Å². The van der Waals surface area contributed by atoms with E-state index >= 15 is 0 Å². The van der Waals surface area contributed by atoms with Gasteiger partial charge in [0, 0.05) is 22.7 Å². The van der Waals surface area contributed by atoms with Crippen LogP contribution in [0.4, 0.5) is 5.69 Å². The first-order chi connectivity index (χ1) is 9.11. The van der Waals surface area contributed by atoms with Crippen LogP contribution in [0, 0.1) is 0 Å². The van der Waals surface area contributed by atoms with E-state index in [9.17, 15) is 15.3 Å². The van der Waals surface area contributed by atoms with Gasteiger partial charge in [-0.15, -0.1) is 11.8 Å². The highest BCUT2D eigenvalue weighted by Crippen LogP contribution is 2.37. The maximum Gasteiger partial charge on any atom is 0.200 e. The monoisotopic (exact) mass is 277 g/mol. The van der Waals surface area contributed by atoms with E-state index in [1.807, 2.05) is 30.5 Å². The molecular formula is C14H15NO3S. The Morgan fingerprint density at radius 1 is 0.947 bits per heavy atom. The lowest BCUT2D eigenvalue weighted by molar-refractivity contribution is 0.365. The van der Waals surface area contributed by atoms with Crippen LogP contribution < -0.4 is 5.32 Å². The average Bonchev–Trinajstić information content (AvgIpc) is 2.45. The molecule has 0 fully saturated rings. The van der Waals surface area contributed by atoms with E-state index in [0.717, 1.165) is 5.69 Å². The van der Waals surface area contributed by atoms with Gasteiger partial charge in [0.15, 0.2) is 11.5 Å². The minimum absolute atomic E-state index is 0.298. The van der Waals surface area contributed by atoms with Gasteiger partial charge in [-0.25, -0.2) is 0 Å². The van der Waals surface area contributed by atoms with E-state index in [2.05, 4.69) is 5.32 Å². The molecular weight excluding hydrogens is 262 g/mol. The molecule has 4 N–H and O–H groups in total. The number of rotatable bonds is 4. The fourth-order valence-electron chi connectivity index (χ4n) is 1.66. The number of hydrogen-bond acceptors (Lipinski definition) is 5. The van der Waals surface area contributed by atoms with Gasteiger partial charge in [0.1, 0.15) is 0 Å². The molecule has 0 saturated carbocycles. The quantitative estimate of drug-likeness (QED) is 0.510. The number of phenolic OH excluding ortho intramolecular Hbond substituents is 3. The summed E-state index contributed by atoms with van der Waals surface area (Å²) in [5, 5.41) is 31.5. The Balaban J connectivity index is 2.08. The second-order valence-corrected chi connectivity index (χ2v) is 4.90. The number of hydrogen-bond donors (Lipinski definition) is 4. The van der Waals surface area contributed by atoms with Crippen molar-refractivity contribution in [2.45, 2.75) is 11.4 Å². The van der Waals surface area contributed by atoms with Crippen molar-refractivity contribution < 1.29 is 15.3 Å². The SMILES string of the molecule is CSc1ccc(NCc2ccc(O)c(O)c2O)cc1. The van der Waals surface area contributed by atoms with Crippen LogP contribution in [0.1, 0.15) is 5.56 Å². The van der Waals surface area contributed by atoms with Gasteiger partial charge in [-0.3, -0.25) is 0 Å². The number of thioether (sulfide) groups is 1. The molecule has 0 atom stereocenters. The third kappa shape index (κ3) is 3.06. The molecule has 0 amide bonds. The summed E-state index contributed by atoms with van der Waals surface area (Å²) in [5.74, 6) is -1.11. The number of phenols is 3. The molecule has 0 heterocycles. The normalized spacial score (nSPS) is 10.4. The highest BCUT2D eigenvalue weighted by atomic mass is 32.2. The zero-order valence-corrected chi connectivity index (χ0v) is 11.2. The second kappa shape index (κ2) is 5.75. The molecule has 0 spiro atoms. The highest BCUT2D eigenvalue weighted by Gasteiger charge is 2.10. The molecule has 0 aliphatic carbocycles. The van der Waals surface area contributed by atoms with E-state index in [1.54, 1.807) is 17.8 Å². The van der Waals surface area contributed by atoms with Crippen LogP contribution in [0.3, 0.4) is 0 Å². The van der Waals surface area contributed by atoms with Gasteiger partial charge in [-0.05, 0) is 42.7 Å².